The van der Waals surface area contributed by atoms with Gasteiger partial charge in [0.1, 0.15) is 13.2 Å². The number of pyridine rings is 1. The molecule has 1 saturated heterocycles. The molecule has 10 heteroatoms. The third-order valence-corrected chi connectivity index (χ3v) is 10.9. The molecule has 1 aromatic rings. The average Bonchev–Trinajstić information content (AvgIpc) is 3.10. The molecule has 212 valence electrons. The van der Waals surface area contributed by atoms with Crippen LogP contribution in [0.4, 0.5) is 10.5 Å². The summed E-state index contributed by atoms with van der Waals surface area (Å²) in [5.74, 6) is -0.677. The molecule has 0 bridgehead atoms. The second-order valence-corrected chi connectivity index (χ2v) is 18.9. The normalized spacial score (nSPS) is 29.0. The Labute approximate surface area is 232 Å². The molecule has 5 rings (SSSR count). The van der Waals surface area contributed by atoms with Crippen LogP contribution >= 0.6 is 0 Å². The fraction of sp³-hybridized carbons (Fsp3) is 0.690. The Kier molecular flexibility index (Phi) is 7.47. The molecule has 4 aliphatic rings. The predicted octanol–water partition coefficient (Wildman–Crippen LogP) is 4.68. The van der Waals surface area contributed by atoms with Crippen molar-refractivity contribution < 1.29 is 23.9 Å². The van der Waals surface area contributed by atoms with E-state index in [4.69, 9.17) is 4.74 Å². The van der Waals surface area contributed by atoms with Crippen LogP contribution in [-0.2, 0) is 24.5 Å². The fourth-order valence-corrected chi connectivity index (χ4v) is 7.80. The Morgan fingerprint density at radius 1 is 1.05 bits per heavy atom. The second-order valence-electron chi connectivity index (χ2n) is 13.2. The number of rotatable bonds is 9. The molecule has 0 unspecified atom stereocenters. The van der Waals surface area contributed by atoms with Crippen LogP contribution in [0, 0.1) is 5.41 Å². The van der Waals surface area contributed by atoms with Crippen molar-refractivity contribution in [1.82, 2.24) is 14.8 Å². The lowest BCUT2D eigenvalue weighted by atomic mass is 9.47. The van der Waals surface area contributed by atoms with E-state index in [0.717, 1.165) is 56.0 Å². The highest BCUT2D eigenvalue weighted by atomic mass is 28.3. The topological polar surface area (TPSA) is 100 Å². The van der Waals surface area contributed by atoms with Crippen LogP contribution in [0.2, 0.25) is 25.7 Å². The number of aromatic nitrogens is 1. The first kappa shape index (κ1) is 28.0. The van der Waals surface area contributed by atoms with E-state index in [1.807, 2.05) is 19.1 Å². The van der Waals surface area contributed by atoms with Gasteiger partial charge in [0.05, 0.1) is 16.8 Å². The molecule has 9 nitrogen and oxygen atoms in total. The number of urea groups is 1. The molecule has 2 saturated carbocycles. The Morgan fingerprint density at radius 3 is 2.44 bits per heavy atom. The molecule has 0 N–H and O–H groups in total. The summed E-state index contributed by atoms with van der Waals surface area (Å²) in [4.78, 5) is 61.1. The van der Waals surface area contributed by atoms with Gasteiger partial charge in [0, 0.05) is 33.5 Å². The lowest BCUT2D eigenvalue weighted by Gasteiger charge is -2.57. The summed E-state index contributed by atoms with van der Waals surface area (Å²) in [5.41, 5.74) is 1.13. The van der Waals surface area contributed by atoms with Crippen LogP contribution in [-0.4, -0.2) is 72.5 Å². The largest absolute Gasteiger partial charge is 0.361 e. The highest BCUT2D eigenvalue weighted by Gasteiger charge is 2.65. The minimum atomic E-state index is -1.22. The number of hydrogen-bond acceptors (Lipinski definition) is 6. The van der Waals surface area contributed by atoms with Crippen molar-refractivity contribution in [3.05, 3.63) is 24.0 Å². The number of imide groups is 2. The van der Waals surface area contributed by atoms with Crippen molar-refractivity contribution in [3.63, 3.8) is 0 Å². The molecule has 3 heterocycles. The maximum absolute atomic E-state index is 13.8. The molecule has 0 aromatic carbocycles. The molecule has 2 spiro atoms. The Bertz CT molecular complexity index is 1150. The van der Waals surface area contributed by atoms with Gasteiger partial charge in [0.15, 0.2) is 0 Å². The smallest absolute Gasteiger partial charge is 0.333 e. The second kappa shape index (κ2) is 10.4. The molecule has 3 fully saturated rings. The molecular weight excluding hydrogens is 512 g/mol. The van der Waals surface area contributed by atoms with E-state index in [1.165, 1.54) is 9.80 Å². The third kappa shape index (κ3) is 5.06. The van der Waals surface area contributed by atoms with E-state index in [9.17, 15) is 19.2 Å². The van der Waals surface area contributed by atoms with Gasteiger partial charge >= 0.3 is 6.03 Å². The first-order valence-corrected chi connectivity index (χ1v) is 18.2. The summed E-state index contributed by atoms with van der Waals surface area (Å²) >= 11 is 0. The minimum Gasteiger partial charge on any atom is -0.361 e. The van der Waals surface area contributed by atoms with E-state index in [0.29, 0.717) is 26.0 Å². The number of barbiturate groups is 1. The number of nitrogens with zero attached hydrogens (tertiary/aromatic N) is 4. The van der Waals surface area contributed by atoms with Gasteiger partial charge in [-0.3, -0.25) is 34.1 Å². The summed E-state index contributed by atoms with van der Waals surface area (Å²) in [7, 11) is -1.22. The lowest BCUT2D eigenvalue weighted by Crippen LogP contribution is -2.61. The van der Waals surface area contributed by atoms with Gasteiger partial charge in [-0.05, 0) is 68.5 Å². The summed E-state index contributed by atoms with van der Waals surface area (Å²) in [5, 5.41) is 0. The number of amides is 5. The van der Waals surface area contributed by atoms with Gasteiger partial charge < -0.3 is 4.74 Å². The van der Waals surface area contributed by atoms with E-state index in [1.54, 1.807) is 11.1 Å². The van der Waals surface area contributed by atoms with Gasteiger partial charge in [0.25, 0.3) is 0 Å². The Hall–Kier alpha value is -2.59. The van der Waals surface area contributed by atoms with Gasteiger partial charge in [-0.25, -0.2) is 4.79 Å². The van der Waals surface area contributed by atoms with Crippen LogP contribution in [0.3, 0.4) is 0 Å². The van der Waals surface area contributed by atoms with Crippen LogP contribution < -0.4 is 4.90 Å². The first-order valence-electron chi connectivity index (χ1n) is 14.5. The van der Waals surface area contributed by atoms with Crippen molar-refractivity contribution in [2.24, 2.45) is 5.41 Å². The molecule has 0 atom stereocenters. The van der Waals surface area contributed by atoms with Crippen LogP contribution in [0.25, 0.3) is 0 Å². The maximum Gasteiger partial charge on any atom is 0.333 e. The predicted molar refractivity (Wildman–Crippen MR) is 150 cm³/mol. The Balaban J connectivity index is 1.23. The average molecular weight is 555 g/mol. The SMILES string of the molecule is CCCCN1C(=O)CC(=O)N(C2CCC3(CC2)CC2(C3)C(=O)N(COCC[Si](C)(C)C)c3cccnc32)C1=O. The maximum atomic E-state index is 13.8. The van der Waals surface area contributed by atoms with Crippen LogP contribution in [0.15, 0.2) is 18.3 Å². The molecule has 39 heavy (non-hydrogen) atoms. The summed E-state index contributed by atoms with van der Waals surface area (Å²) in [6.45, 7) is 10.2. The number of hydrogen-bond donors (Lipinski definition) is 0. The fourth-order valence-electron chi connectivity index (χ4n) is 7.04. The highest BCUT2D eigenvalue weighted by Crippen LogP contribution is 2.65. The molecule has 2 aliphatic carbocycles. The van der Waals surface area contributed by atoms with Gasteiger partial charge in [-0.1, -0.05) is 33.0 Å². The van der Waals surface area contributed by atoms with Gasteiger partial charge in [-0.15, -0.1) is 0 Å². The van der Waals surface area contributed by atoms with Crippen molar-refractivity contribution in [2.75, 3.05) is 24.8 Å². The monoisotopic (exact) mass is 554 g/mol. The standard InChI is InChI=1S/C29H42N4O5Si/c1-5-6-14-31-23(34)17-24(35)33(27(31)37)21-9-11-28(12-10-21)18-29(19-28)25-22(8-7-13-30-25)32(26(29)36)20-38-15-16-39(2,3)4/h7-8,13,21H,5-6,9-12,14-20H2,1-4H3. The first-order chi connectivity index (χ1) is 18.5. The third-order valence-electron chi connectivity index (χ3n) is 9.18. The number of fused-ring (bicyclic) bond motifs is 2. The summed E-state index contributed by atoms with van der Waals surface area (Å²) < 4.78 is 5.98. The van der Waals surface area contributed by atoms with Gasteiger partial charge in [0.2, 0.25) is 17.7 Å². The zero-order chi connectivity index (χ0) is 28.0. The number of carbonyl (C=O) groups is 4. The number of ether oxygens (including phenoxy) is 1. The van der Waals surface area contributed by atoms with E-state index >= 15 is 0 Å². The van der Waals surface area contributed by atoms with E-state index < -0.39 is 19.5 Å². The van der Waals surface area contributed by atoms with Crippen molar-refractivity contribution in [3.8, 4) is 0 Å². The quantitative estimate of drug-likeness (QED) is 0.250. The minimum absolute atomic E-state index is 0.00918. The van der Waals surface area contributed by atoms with Crippen molar-refractivity contribution >= 4 is 37.5 Å². The molecule has 2 aliphatic heterocycles. The summed E-state index contributed by atoms with van der Waals surface area (Å²) in [6, 6.07) is 4.26. The number of anilines is 1. The van der Waals surface area contributed by atoms with Crippen molar-refractivity contribution in [2.45, 2.75) is 102 Å². The summed E-state index contributed by atoms with van der Waals surface area (Å²) in [6.07, 6.45) is 7.73. The molecule has 5 amide bonds. The highest BCUT2D eigenvalue weighted by molar-refractivity contribution is 6.76. The Morgan fingerprint density at radius 2 is 1.77 bits per heavy atom. The van der Waals surface area contributed by atoms with Crippen LogP contribution in [0.1, 0.15) is 70.4 Å². The number of carbonyl (C=O) groups excluding carboxylic acids is 4. The van der Waals surface area contributed by atoms with E-state index in [-0.39, 0.29) is 42.3 Å². The molecule has 1 aromatic heterocycles. The van der Waals surface area contributed by atoms with Gasteiger partial charge in [-0.2, -0.15) is 0 Å². The van der Waals surface area contributed by atoms with Crippen molar-refractivity contribution in [1.29, 1.82) is 0 Å². The van der Waals surface area contributed by atoms with Crippen LogP contribution in [0.5, 0.6) is 0 Å². The molecular formula is C29H42N4O5Si. The zero-order valence-corrected chi connectivity index (χ0v) is 24.8. The molecule has 0 radical (unpaired) electrons. The van der Waals surface area contributed by atoms with E-state index in [2.05, 4.69) is 24.6 Å². The zero-order valence-electron chi connectivity index (χ0n) is 23.8. The lowest BCUT2D eigenvalue weighted by molar-refractivity contribution is -0.145. The number of unbranched alkanes of at least 4 members (excludes halogenated alkanes) is 1.